The number of methoxy groups -OCH3 is 1. The van der Waals surface area contributed by atoms with Crippen LogP contribution in [0.15, 0.2) is 12.1 Å². The van der Waals surface area contributed by atoms with Crippen molar-refractivity contribution < 1.29 is 41.4 Å². The van der Waals surface area contributed by atoms with Gasteiger partial charge in [0.15, 0.2) is 41.1 Å². The van der Waals surface area contributed by atoms with Crippen molar-refractivity contribution in [3.63, 3.8) is 0 Å². The fraction of sp³-hybridized carbons (Fsp3) is 0.263. The smallest absolute Gasteiger partial charge is 0.340 e. The molecular formula is C19H18F4N2O5. The molecule has 0 saturated heterocycles. The molecule has 0 fully saturated rings. The minimum atomic E-state index is -1.25. The van der Waals surface area contributed by atoms with Crippen LogP contribution in [0.2, 0.25) is 0 Å². The predicted octanol–water partition coefficient (Wildman–Crippen LogP) is 3.24. The molecule has 0 aliphatic heterocycles. The molecule has 0 aromatic heterocycles. The van der Waals surface area contributed by atoms with Crippen LogP contribution >= 0.6 is 0 Å². The van der Waals surface area contributed by atoms with Crippen molar-refractivity contribution in [1.29, 1.82) is 0 Å². The molecule has 0 aliphatic carbocycles. The summed E-state index contributed by atoms with van der Waals surface area (Å²) in [4.78, 5) is 22.1. The number of unbranched alkanes of at least 4 members (excludes halogenated alkanes) is 1. The third-order valence-corrected chi connectivity index (χ3v) is 4.02. The maximum absolute atomic E-state index is 14.2. The number of aldehydes is 1. The minimum Gasteiger partial charge on any atom is -0.488 e. The van der Waals surface area contributed by atoms with E-state index in [4.69, 9.17) is 20.9 Å². The first-order valence-corrected chi connectivity index (χ1v) is 8.56. The van der Waals surface area contributed by atoms with Crippen LogP contribution in [0.4, 0.5) is 28.9 Å². The Morgan fingerprint density at radius 1 is 0.933 bits per heavy atom. The average molecular weight is 430 g/mol. The molecule has 162 valence electrons. The second kappa shape index (κ2) is 9.81. The zero-order valence-corrected chi connectivity index (χ0v) is 15.8. The van der Waals surface area contributed by atoms with E-state index in [0.29, 0.717) is 6.07 Å². The number of rotatable bonds is 9. The van der Waals surface area contributed by atoms with Crippen molar-refractivity contribution in [3.8, 4) is 11.5 Å². The van der Waals surface area contributed by atoms with Gasteiger partial charge in [-0.15, -0.1) is 0 Å². The Hall–Kier alpha value is -3.50. The highest BCUT2D eigenvalue weighted by Gasteiger charge is 2.22. The molecule has 2 aromatic rings. The van der Waals surface area contributed by atoms with Crippen LogP contribution in [0, 0.1) is 23.3 Å². The Morgan fingerprint density at radius 3 is 1.93 bits per heavy atom. The predicted molar refractivity (Wildman–Crippen MR) is 98.5 cm³/mol. The lowest BCUT2D eigenvalue weighted by Gasteiger charge is -2.13. The van der Waals surface area contributed by atoms with Crippen LogP contribution in [-0.4, -0.2) is 32.6 Å². The van der Waals surface area contributed by atoms with Gasteiger partial charge in [-0.1, -0.05) is 0 Å². The van der Waals surface area contributed by atoms with Crippen molar-refractivity contribution >= 4 is 23.6 Å². The molecule has 2 aromatic carbocycles. The number of benzene rings is 2. The highest BCUT2D eigenvalue weighted by molar-refractivity contribution is 5.95. The van der Waals surface area contributed by atoms with E-state index in [1.54, 1.807) is 0 Å². The lowest BCUT2D eigenvalue weighted by molar-refractivity contribution is 0.0600. The summed E-state index contributed by atoms with van der Waals surface area (Å²) in [6.45, 7) is -0.336. The van der Waals surface area contributed by atoms with Gasteiger partial charge in [0.25, 0.3) is 0 Å². The molecule has 7 nitrogen and oxygen atoms in total. The molecule has 11 heteroatoms. The number of nitrogens with two attached hydrogens (primary N) is 2. The first-order valence-electron chi connectivity index (χ1n) is 8.56. The lowest BCUT2D eigenvalue weighted by atomic mass is 10.1. The van der Waals surface area contributed by atoms with Crippen LogP contribution < -0.4 is 20.9 Å². The van der Waals surface area contributed by atoms with Crippen LogP contribution in [0.1, 0.15) is 33.6 Å². The summed E-state index contributed by atoms with van der Waals surface area (Å²) in [6, 6.07) is 1.44. The number of nitrogen functional groups attached to an aromatic ring is 2. The van der Waals surface area contributed by atoms with Gasteiger partial charge < -0.3 is 25.7 Å². The van der Waals surface area contributed by atoms with Gasteiger partial charge in [-0.3, -0.25) is 4.79 Å². The molecule has 0 radical (unpaired) electrons. The largest absolute Gasteiger partial charge is 0.488 e. The van der Waals surface area contributed by atoms with Gasteiger partial charge in [0.1, 0.15) is 0 Å². The first-order chi connectivity index (χ1) is 14.2. The van der Waals surface area contributed by atoms with E-state index in [-0.39, 0.29) is 37.9 Å². The van der Waals surface area contributed by atoms with E-state index >= 15 is 0 Å². The quantitative estimate of drug-likeness (QED) is 0.206. The minimum absolute atomic E-state index is 0.161. The Kier molecular flexibility index (Phi) is 7.45. The van der Waals surface area contributed by atoms with Crippen molar-refractivity contribution in [1.82, 2.24) is 0 Å². The second-order valence-corrected chi connectivity index (χ2v) is 5.98. The summed E-state index contributed by atoms with van der Waals surface area (Å²) in [6.07, 6.45) is 0.612. The molecule has 0 amide bonds. The van der Waals surface area contributed by atoms with Gasteiger partial charge >= 0.3 is 5.97 Å². The number of carbonyl (C=O) groups excluding carboxylic acids is 2. The van der Waals surface area contributed by atoms with Crippen molar-refractivity contribution in [2.75, 3.05) is 31.8 Å². The zero-order valence-electron chi connectivity index (χ0n) is 15.8. The molecule has 2 rings (SSSR count). The average Bonchev–Trinajstić information content (AvgIpc) is 2.73. The fourth-order valence-corrected chi connectivity index (χ4v) is 2.44. The maximum Gasteiger partial charge on any atom is 0.340 e. The van der Waals surface area contributed by atoms with Gasteiger partial charge in [-0.25, -0.2) is 22.4 Å². The third kappa shape index (κ3) is 4.73. The first kappa shape index (κ1) is 22.8. The third-order valence-electron chi connectivity index (χ3n) is 4.02. The number of hydrogen-bond donors (Lipinski definition) is 2. The van der Waals surface area contributed by atoms with Gasteiger partial charge in [-0.05, 0) is 25.0 Å². The summed E-state index contributed by atoms with van der Waals surface area (Å²) < 4.78 is 70.3. The number of hydrogen-bond acceptors (Lipinski definition) is 7. The van der Waals surface area contributed by atoms with Gasteiger partial charge in [0.2, 0.25) is 0 Å². The van der Waals surface area contributed by atoms with E-state index < -0.39 is 57.7 Å². The summed E-state index contributed by atoms with van der Waals surface area (Å²) >= 11 is 0. The zero-order chi connectivity index (χ0) is 22.4. The highest BCUT2D eigenvalue weighted by atomic mass is 19.1. The van der Waals surface area contributed by atoms with E-state index in [2.05, 4.69) is 4.74 Å². The van der Waals surface area contributed by atoms with E-state index in [0.717, 1.165) is 13.2 Å². The molecule has 0 spiro atoms. The lowest BCUT2D eigenvalue weighted by Crippen LogP contribution is -2.11. The van der Waals surface area contributed by atoms with E-state index in [1.165, 1.54) is 0 Å². The molecule has 0 heterocycles. The SMILES string of the molecule is COC(=O)c1cc(F)c(OCCCCOc2c(F)cc(C=O)c(N)c2F)c(F)c1N. The van der Waals surface area contributed by atoms with Gasteiger partial charge in [0.05, 0.1) is 37.3 Å². The molecule has 0 atom stereocenters. The standard InChI is InChI=1S/C19H18F4N2O5/c1-28-19(27)10-7-12(21)18(14(23)16(10)25)30-5-3-2-4-29-17-11(20)6-9(8-26)15(24)13(17)22/h6-8H,2-5,24-25H2,1H3. The molecule has 0 unspecified atom stereocenters. The Morgan fingerprint density at radius 2 is 1.43 bits per heavy atom. The normalized spacial score (nSPS) is 10.6. The van der Waals surface area contributed by atoms with Crippen LogP contribution in [0.5, 0.6) is 11.5 Å². The number of halogens is 4. The number of carbonyl (C=O) groups is 2. The van der Waals surface area contributed by atoms with Crippen LogP contribution in [0.3, 0.4) is 0 Å². The van der Waals surface area contributed by atoms with Crippen molar-refractivity contribution in [2.45, 2.75) is 12.8 Å². The second-order valence-electron chi connectivity index (χ2n) is 5.98. The fourth-order valence-electron chi connectivity index (χ4n) is 2.44. The van der Waals surface area contributed by atoms with Crippen molar-refractivity contribution in [3.05, 3.63) is 46.5 Å². The van der Waals surface area contributed by atoms with Crippen LogP contribution in [-0.2, 0) is 4.74 Å². The molecule has 0 aliphatic rings. The summed E-state index contributed by atoms with van der Waals surface area (Å²) in [5.41, 5.74) is 8.86. The van der Waals surface area contributed by atoms with E-state index in [1.807, 2.05) is 0 Å². The molecule has 0 saturated carbocycles. The molecule has 30 heavy (non-hydrogen) atoms. The maximum atomic E-state index is 14.2. The Bertz CT molecular complexity index is 969. The topological polar surface area (TPSA) is 114 Å². The number of ether oxygens (including phenoxy) is 3. The van der Waals surface area contributed by atoms with Crippen molar-refractivity contribution in [2.24, 2.45) is 0 Å². The van der Waals surface area contributed by atoms with E-state index in [9.17, 15) is 27.2 Å². The summed E-state index contributed by atoms with van der Waals surface area (Å²) in [5.74, 6) is -7.19. The Balaban J connectivity index is 1.91. The number of esters is 1. The van der Waals surface area contributed by atoms with Crippen LogP contribution in [0.25, 0.3) is 0 Å². The highest BCUT2D eigenvalue weighted by Crippen LogP contribution is 2.31. The Labute approximate surface area is 168 Å². The van der Waals surface area contributed by atoms with Gasteiger partial charge in [0, 0.05) is 5.56 Å². The number of anilines is 2. The molecule has 4 N–H and O–H groups in total. The molecule has 0 bridgehead atoms. The molecular weight excluding hydrogens is 412 g/mol. The summed E-state index contributed by atoms with van der Waals surface area (Å²) in [5, 5.41) is 0. The summed E-state index contributed by atoms with van der Waals surface area (Å²) in [7, 11) is 1.03. The van der Waals surface area contributed by atoms with Gasteiger partial charge in [-0.2, -0.15) is 0 Å². The monoisotopic (exact) mass is 430 g/mol.